The minimum atomic E-state index is -0.374. The van der Waals surface area contributed by atoms with Crippen molar-refractivity contribution in [3.05, 3.63) is 34.2 Å². The minimum absolute atomic E-state index is 0.0526. The molecule has 3 aliphatic rings. The number of carbonyl (C=O) groups is 2. The Kier molecular flexibility index (Phi) is 6.69. The van der Waals surface area contributed by atoms with E-state index in [1.54, 1.807) is 0 Å². The van der Waals surface area contributed by atoms with Crippen LogP contribution in [0.3, 0.4) is 0 Å². The van der Waals surface area contributed by atoms with Crippen molar-refractivity contribution < 1.29 is 9.59 Å². The number of hydrogen-bond donors (Lipinski definition) is 0. The quantitative estimate of drug-likeness (QED) is 0.590. The Morgan fingerprint density at radius 1 is 1.12 bits per heavy atom. The molecule has 0 spiro atoms. The van der Waals surface area contributed by atoms with Gasteiger partial charge in [0.05, 0.1) is 5.02 Å². The largest absolute Gasteiger partial charge is 0.341 e. The average molecular weight is 488 g/mol. The van der Waals surface area contributed by atoms with Crippen molar-refractivity contribution in [2.75, 3.05) is 26.7 Å². The van der Waals surface area contributed by atoms with Crippen LogP contribution < -0.4 is 0 Å². The van der Waals surface area contributed by atoms with E-state index in [9.17, 15) is 9.59 Å². The van der Waals surface area contributed by atoms with Gasteiger partial charge in [-0.05, 0) is 50.6 Å². The molecule has 3 atom stereocenters. The van der Waals surface area contributed by atoms with Crippen LogP contribution in [0.15, 0.2) is 24.3 Å². The Morgan fingerprint density at radius 2 is 1.85 bits per heavy atom. The van der Waals surface area contributed by atoms with Gasteiger partial charge in [-0.2, -0.15) is 0 Å². The van der Waals surface area contributed by atoms with E-state index in [1.807, 2.05) is 41.1 Å². The van der Waals surface area contributed by atoms with Gasteiger partial charge in [0.25, 0.3) is 5.91 Å². The summed E-state index contributed by atoms with van der Waals surface area (Å²) in [7, 11) is 1.95. The van der Waals surface area contributed by atoms with E-state index in [1.165, 1.54) is 17.8 Å². The van der Waals surface area contributed by atoms with Crippen molar-refractivity contribution in [2.24, 2.45) is 5.92 Å². The predicted molar refractivity (Wildman–Crippen MR) is 135 cm³/mol. The Balaban J connectivity index is 1.42. The molecule has 1 aliphatic carbocycles. The van der Waals surface area contributed by atoms with Gasteiger partial charge in [0.2, 0.25) is 5.91 Å². The van der Waals surface area contributed by atoms with Crippen LogP contribution in [0.2, 0.25) is 5.02 Å². The van der Waals surface area contributed by atoms with Gasteiger partial charge in [-0.3, -0.25) is 9.59 Å². The number of amides is 2. The lowest BCUT2D eigenvalue weighted by atomic mass is 9.84. The number of piperidine rings is 1. The number of rotatable bonds is 4. The second-order valence-electron chi connectivity index (χ2n) is 9.93. The van der Waals surface area contributed by atoms with Gasteiger partial charge >= 0.3 is 0 Å². The fourth-order valence-corrected chi connectivity index (χ4v) is 7.74. The number of benzene rings is 1. The van der Waals surface area contributed by atoms with Gasteiger partial charge in [-0.1, -0.05) is 49.6 Å². The summed E-state index contributed by atoms with van der Waals surface area (Å²) in [5.74, 6) is 0.480. The summed E-state index contributed by atoms with van der Waals surface area (Å²) < 4.78 is 1.02. The summed E-state index contributed by atoms with van der Waals surface area (Å²) in [4.78, 5) is 34.7. The number of hydrogen-bond acceptors (Lipinski definition) is 4. The van der Waals surface area contributed by atoms with E-state index < -0.39 is 0 Å². The van der Waals surface area contributed by atoms with Gasteiger partial charge in [-0.15, -0.1) is 11.3 Å². The number of fused-ring (bicyclic) bond motifs is 2. The fraction of sp³-hybridized carbons (Fsp3) is 0.615. The van der Waals surface area contributed by atoms with E-state index in [-0.39, 0.29) is 29.9 Å². The monoisotopic (exact) mass is 487 g/mol. The molecule has 0 radical (unpaired) electrons. The number of thiophene rings is 1. The van der Waals surface area contributed by atoms with Crippen LogP contribution in [0.5, 0.6) is 0 Å². The summed E-state index contributed by atoms with van der Waals surface area (Å²) in [5, 5.41) is 1.46. The van der Waals surface area contributed by atoms with Crippen molar-refractivity contribution in [1.29, 1.82) is 0 Å². The van der Waals surface area contributed by atoms with Gasteiger partial charge in [0.1, 0.15) is 10.9 Å². The molecule has 5 nitrogen and oxygen atoms in total. The molecule has 5 rings (SSSR count). The molecule has 0 N–H and O–H groups in total. The minimum Gasteiger partial charge on any atom is -0.341 e. The first-order valence-corrected chi connectivity index (χ1v) is 13.7. The molecule has 3 fully saturated rings. The van der Waals surface area contributed by atoms with Crippen LogP contribution in [0.4, 0.5) is 0 Å². The van der Waals surface area contributed by atoms with Crippen LogP contribution in [-0.2, 0) is 4.79 Å². The molecule has 3 heterocycles. The van der Waals surface area contributed by atoms with E-state index >= 15 is 0 Å². The number of likely N-dealkylation sites (N-methyl/N-ethyl adjacent to an activating group) is 1. The highest BCUT2D eigenvalue weighted by atomic mass is 35.5. The predicted octanol–water partition coefficient (Wildman–Crippen LogP) is 5.27. The summed E-state index contributed by atoms with van der Waals surface area (Å²) >= 11 is 8.17. The van der Waals surface area contributed by atoms with Crippen LogP contribution in [0.25, 0.3) is 10.1 Å². The van der Waals surface area contributed by atoms with Crippen molar-refractivity contribution in [3.63, 3.8) is 0 Å². The molecule has 1 saturated carbocycles. The molecule has 2 aliphatic heterocycles. The van der Waals surface area contributed by atoms with Crippen LogP contribution in [0, 0.1) is 5.92 Å². The number of carbonyl (C=O) groups excluding carboxylic acids is 2. The van der Waals surface area contributed by atoms with Crippen LogP contribution >= 0.6 is 22.9 Å². The van der Waals surface area contributed by atoms with Gasteiger partial charge in [0, 0.05) is 42.3 Å². The number of nitrogens with zero attached hydrogens (tertiary/aromatic N) is 3. The molecule has 1 aromatic heterocycles. The Labute approximate surface area is 205 Å². The third-order valence-corrected chi connectivity index (χ3v) is 9.90. The molecule has 33 heavy (non-hydrogen) atoms. The molecule has 0 bridgehead atoms. The average Bonchev–Trinajstić information content (AvgIpc) is 3.41. The van der Waals surface area contributed by atoms with Crippen LogP contribution in [0.1, 0.15) is 61.5 Å². The molecule has 2 saturated heterocycles. The smallest absolute Gasteiger partial charge is 0.266 e. The summed E-state index contributed by atoms with van der Waals surface area (Å²) in [6.45, 7) is 5.33. The zero-order valence-electron chi connectivity index (χ0n) is 19.6. The highest BCUT2D eigenvalue weighted by Gasteiger charge is 2.49. The maximum Gasteiger partial charge on any atom is 0.266 e. The van der Waals surface area contributed by atoms with Crippen molar-refractivity contribution in [1.82, 2.24) is 14.7 Å². The van der Waals surface area contributed by atoms with Gasteiger partial charge in [-0.25, -0.2) is 0 Å². The third-order valence-electron chi connectivity index (χ3n) is 8.24. The second-order valence-corrected chi connectivity index (χ2v) is 11.4. The lowest BCUT2D eigenvalue weighted by Gasteiger charge is -2.39. The van der Waals surface area contributed by atoms with E-state index in [0.29, 0.717) is 15.8 Å². The second kappa shape index (κ2) is 9.55. The fourth-order valence-electron chi connectivity index (χ4n) is 6.28. The lowest BCUT2D eigenvalue weighted by Crippen LogP contribution is -2.53. The van der Waals surface area contributed by atoms with E-state index in [2.05, 4.69) is 11.8 Å². The Morgan fingerprint density at radius 3 is 2.58 bits per heavy atom. The maximum absolute atomic E-state index is 14.0. The van der Waals surface area contributed by atoms with Crippen molar-refractivity contribution in [3.8, 4) is 0 Å². The molecular formula is C26H34ClN3O2S. The highest BCUT2D eigenvalue weighted by Crippen LogP contribution is 2.44. The SMILES string of the molecule is CCN1CCC(N(C)C(=O)[C@@H]2C[C@@H]3CCCC[C@@H]3N2C(=O)c2sc3ccccc3c2Cl)CC1. The molecule has 2 aromatic rings. The van der Waals surface area contributed by atoms with Crippen LogP contribution in [-0.4, -0.2) is 71.3 Å². The van der Waals surface area contributed by atoms with E-state index in [0.717, 1.165) is 68.2 Å². The maximum atomic E-state index is 14.0. The highest BCUT2D eigenvalue weighted by molar-refractivity contribution is 7.21. The molecule has 2 amide bonds. The van der Waals surface area contributed by atoms with Gasteiger partial charge < -0.3 is 14.7 Å². The molecule has 178 valence electrons. The van der Waals surface area contributed by atoms with E-state index in [4.69, 9.17) is 11.6 Å². The first-order valence-electron chi connectivity index (χ1n) is 12.5. The molecule has 0 unspecified atom stereocenters. The topological polar surface area (TPSA) is 43.9 Å². The summed E-state index contributed by atoms with van der Waals surface area (Å²) in [6.07, 6.45) is 7.21. The van der Waals surface area contributed by atoms with Crippen molar-refractivity contribution >= 4 is 44.8 Å². The summed E-state index contributed by atoms with van der Waals surface area (Å²) in [6, 6.07) is 7.94. The Bertz CT molecular complexity index is 1030. The zero-order valence-corrected chi connectivity index (χ0v) is 21.2. The van der Waals surface area contributed by atoms with Gasteiger partial charge in [0.15, 0.2) is 0 Å². The summed E-state index contributed by atoms with van der Waals surface area (Å²) in [5.41, 5.74) is 0. The molecule has 1 aromatic carbocycles. The third kappa shape index (κ3) is 4.19. The zero-order chi connectivity index (χ0) is 23.1. The standard InChI is InChI=1S/C26H34ClN3O2S/c1-3-29-14-12-18(13-15-29)28(2)25(31)21-16-17-8-4-6-10-20(17)30(21)26(32)24-23(27)19-9-5-7-11-22(19)33-24/h5,7,9,11,17-18,20-21H,3-4,6,8,10,12-16H2,1-2H3/t17-,20-,21-/m0/s1. The lowest BCUT2D eigenvalue weighted by molar-refractivity contribution is -0.137. The Hall–Kier alpha value is -1.63. The first kappa shape index (κ1) is 23.1. The van der Waals surface area contributed by atoms with Crippen molar-refractivity contribution in [2.45, 2.75) is 70.0 Å². The number of halogens is 1. The normalized spacial score (nSPS) is 26.5. The number of likely N-dealkylation sites (tertiary alicyclic amines) is 2. The molecule has 7 heteroatoms. The first-order chi connectivity index (χ1) is 16.0. The molecular weight excluding hydrogens is 454 g/mol.